The van der Waals surface area contributed by atoms with Gasteiger partial charge in [0.15, 0.2) is 0 Å². The van der Waals surface area contributed by atoms with Crippen LogP contribution in [-0.2, 0) is 0 Å². The predicted octanol–water partition coefficient (Wildman–Crippen LogP) is 1.32. The molecule has 13 heavy (non-hydrogen) atoms. The largest absolute Gasteiger partial charge is 0.330 e. The zero-order valence-corrected chi connectivity index (χ0v) is 8.92. The zero-order chi connectivity index (χ0) is 10.1. The Morgan fingerprint density at radius 1 is 1.46 bits per heavy atom. The Labute approximate surface area is 82.5 Å². The fraction of sp³-hybridized carbons (Fsp3) is 0.818. The van der Waals surface area contributed by atoms with Gasteiger partial charge >= 0.3 is 0 Å². The third-order valence-corrected chi connectivity index (χ3v) is 2.20. The predicted molar refractivity (Wildman–Crippen MR) is 58.4 cm³/mol. The van der Waals surface area contributed by atoms with Crippen LogP contribution in [-0.4, -0.2) is 31.1 Å². The normalized spacial score (nSPS) is 12.8. The van der Waals surface area contributed by atoms with Crippen molar-refractivity contribution in [2.24, 2.45) is 11.7 Å². The van der Waals surface area contributed by atoms with Crippen LogP contribution < -0.4 is 5.73 Å². The van der Waals surface area contributed by atoms with E-state index in [1.807, 2.05) is 0 Å². The first kappa shape index (κ1) is 12.5. The summed E-state index contributed by atoms with van der Waals surface area (Å²) >= 11 is 0. The molecule has 0 amide bonds. The zero-order valence-electron chi connectivity index (χ0n) is 8.92. The quantitative estimate of drug-likeness (QED) is 0.602. The first-order chi connectivity index (χ1) is 6.24. The van der Waals surface area contributed by atoms with Gasteiger partial charge in [0.25, 0.3) is 0 Å². The van der Waals surface area contributed by atoms with E-state index in [1.54, 1.807) is 0 Å². The van der Waals surface area contributed by atoms with Crippen molar-refractivity contribution >= 4 is 0 Å². The molecule has 0 aromatic rings. The molecule has 1 atom stereocenters. The molecule has 0 bridgehead atoms. The molecule has 0 spiro atoms. The van der Waals surface area contributed by atoms with E-state index in [9.17, 15) is 0 Å². The lowest BCUT2D eigenvalue weighted by molar-refractivity contribution is 0.284. The molecule has 0 heterocycles. The van der Waals surface area contributed by atoms with Gasteiger partial charge in [0, 0.05) is 0 Å². The van der Waals surface area contributed by atoms with Gasteiger partial charge in [-0.05, 0) is 38.4 Å². The van der Waals surface area contributed by atoms with Crippen LogP contribution in [0.25, 0.3) is 0 Å². The van der Waals surface area contributed by atoms with Crippen molar-refractivity contribution in [2.75, 3.05) is 26.2 Å². The molecule has 0 saturated heterocycles. The van der Waals surface area contributed by atoms with E-state index in [1.165, 1.54) is 6.42 Å². The lowest BCUT2D eigenvalue weighted by atomic mass is 10.1. The van der Waals surface area contributed by atoms with E-state index in [-0.39, 0.29) is 0 Å². The van der Waals surface area contributed by atoms with E-state index in [0.717, 1.165) is 32.6 Å². The monoisotopic (exact) mass is 182 g/mol. The minimum atomic E-state index is 0.608. The van der Waals surface area contributed by atoms with Gasteiger partial charge in [0.05, 0.1) is 6.54 Å². The molecule has 0 radical (unpaired) electrons. The molecule has 76 valence electrons. The number of nitrogens with zero attached hydrogens (tertiary/aromatic N) is 1. The Hall–Kier alpha value is -0.520. The van der Waals surface area contributed by atoms with Crippen LogP contribution in [0.4, 0.5) is 0 Å². The van der Waals surface area contributed by atoms with Crippen LogP contribution in [0.3, 0.4) is 0 Å². The van der Waals surface area contributed by atoms with Gasteiger partial charge in [-0.1, -0.05) is 19.8 Å². The maximum absolute atomic E-state index is 5.55. The van der Waals surface area contributed by atoms with Crippen molar-refractivity contribution in [1.82, 2.24) is 4.90 Å². The second kappa shape index (κ2) is 8.10. The topological polar surface area (TPSA) is 29.3 Å². The fourth-order valence-corrected chi connectivity index (χ4v) is 1.24. The number of hydrogen-bond acceptors (Lipinski definition) is 2. The van der Waals surface area contributed by atoms with Gasteiger partial charge < -0.3 is 5.73 Å². The molecule has 0 aromatic carbocycles. The molecule has 0 rings (SSSR count). The summed E-state index contributed by atoms with van der Waals surface area (Å²) in [6.07, 6.45) is 7.60. The SMILES string of the molecule is C#CCN(CCC)CCC(C)CN. The maximum Gasteiger partial charge on any atom is 0.0598 e. The number of rotatable bonds is 7. The Morgan fingerprint density at radius 3 is 2.62 bits per heavy atom. The molecule has 0 aliphatic carbocycles. The highest BCUT2D eigenvalue weighted by Crippen LogP contribution is 2.01. The maximum atomic E-state index is 5.55. The molecule has 0 aliphatic rings. The Balaban J connectivity index is 3.62. The van der Waals surface area contributed by atoms with E-state index < -0.39 is 0 Å². The summed E-state index contributed by atoms with van der Waals surface area (Å²) in [7, 11) is 0. The molecule has 2 nitrogen and oxygen atoms in total. The van der Waals surface area contributed by atoms with E-state index in [0.29, 0.717) is 5.92 Å². The second-order valence-electron chi connectivity index (χ2n) is 3.61. The van der Waals surface area contributed by atoms with Crippen LogP contribution in [0, 0.1) is 18.3 Å². The molecule has 2 N–H and O–H groups in total. The van der Waals surface area contributed by atoms with E-state index >= 15 is 0 Å². The van der Waals surface area contributed by atoms with Crippen molar-refractivity contribution in [3.8, 4) is 12.3 Å². The number of hydrogen-bond donors (Lipinski definition) is 1. The lowest BCUT2D eigenvalue weighted by Gasteiger charge is -2.20. The fourth-order valence-electron chi connectivity index (χ4n) is 1.24. The molecule has 0 saturated carbocycles. The standard InChI is InChI=1S/C11H22N2/c1-4-7-13(8-5-2)9-6-11(3)10-12/h1,11H,5-10,12H2,2-3H3. The van der Waals surface area contributed by atoms with E-state index in [4.69, 9.17) is 12.2 Å². The molecule has 0 aromatic heterocycles. The Morgan fingerprint density at radius 2 is 2.15 bits per heavy atom. The second-order valence-corrected chi connectivity index (χ2v) is 3.61. The summed E-state index contributed by atoms with van der Waals surface area (Å²) < 4.78 is 0. The van der Waals surface area contributed by atoms with Crippen LogP contribution in [0.5, 0.6) is 0 Å². The van der Waals surface area contributed by atoms with Gasteiger partial charge in [0.2, 0.25) is 0 Å². The number of nitrogens with two attached hydrogens (primary N) is 1. The van der Waals surface area contributed by atoms with Crippen LogP contribution in [0.15, 0.2) is 0 Å². The van der Waals surface area contributed by atoms with Crippen LogP contribution >= 0.6 is 0 Å². The highest BCUT2D eigenvalue weighted by molar-refractivity contribution is 4.88. The third kappa shape index (κ3) is 6.62. The summed E-state index contributed by atoms with van der Waals surface area (Å²) in [5.74, 6) is 3.30. The highest BCUT2D eigenvalue weighted by Gasteiger charge is 2.04. The van der Waals surface area contributed by atoms with Crippen molar-refractivity contribution in [1.29, 1.82) is 0 Å². The molecular weight excluding hydrogens is 160 g/mol. The summed E-state index contributed by atoms with van der Waals surface area (Å²) in [4.78, 5) is 2.31. The van der Waals surface area contributed by atoms with Gasteiger partial charge in [-0.15, -0.1) is 6.42 Å². The number of terminal acetylenes is 1. The Kier molecular flexibility index (Phi) is 7.77. The third-order valence-electron chi connectivity index (χ3n) is 2.20. The summed E-state index contributed by atoms with van der Waals surface area (Å²) in [6.45, 7) is 8.08. The van der Waals surface area contributed by atoms with Gasteiger partial charge in [-0.2, -0.15) is 0 Å². The highest BCUT2D eigenvalue weighted by atomic mass is 15.1. The van der Waals surface area contributed by atoms with Crippen LogP contribution in [0.1, 0.15) is 26.7 Å². The summed E-state index contributed by atoms with van der Waals surface area (Å²) in [5.41, 5.74) is 5.55. The molecule has 0 aliphatic heterocycles. The van der Waals surface area contributed by atoms with Gasteiger partial charge in [-0.25, -0.2) is 0 Å². The summed E-state index contributed by atoms with van der Waals surface area (Å²) in [6, 6.07) is 0. The van der Waals surface area contributed by atoms with Crippen molar-refractivity contribution in [3.63, 3.8) is 0 Å². The Bertz CT molecular complexity index is 149. The average molecular weight is 182 g/mol. The smallest absolute Gasteiger partial charge is 0.0598 e. The first-order valence-electron chi connectivity index (χ1n) is 5.10. The summed E-state index contributed by atoms with van der Waals surface area (Å²) in [5, 5.41) is 0. The van der Waals surface area contributed by atoms with Crippen molar-refractivity contribution in [2.45, 2.75) is 26.7 Å². The van der Waals surface area contributed by atoms with Crippen molar-refractivity contribution < 1.29 is 0 Å². The lowest BCUT2D eigenvalue weighted by Crippen LogP contribution is -2.28. The average Bonchev–Trinajstić information content (AvgIpc) is 2.14. The minimum Gasteiger partial charge on any atom is -0.330 e. The molecular formula is C11H22N2. The van der Waals surface area contributed by atoms with E-state index in [2.05, 4.69) is 24.7 Å². The molecule has 0 fully saturated rings. The van der Waals surface area contributed by atoms with Crippen molar-refractivity contribution in [3.05, 3.63) is 0 Å². The molecule has 2 heteroatoms. The van der Waals surface area contributed by atoms with Gasteiger partial charge in [-0.3, -0.25) is 4.90 Å². The van der Waals surface area contributed by atoms with Crippen LogP contribution in [0.2, 0.25) is 0 Å². The molecule has 1 unspecified atom stereocenters. The minimum absolute atomic E-state index is 0.608. The first-order valence-corrected chi connectivity index (χ1v) is 5.10. The van der Waals surface area contributed by atoms with Gasteiger partial charge in [0.1, 0.15) is 0 Å².